The summed E-state index contributed by atoms with van der Waals surface area (Å²) in [4.78, 5) is 29.9. The molecule has 2 aliphatic heterocycles. The molecule has 0 radical (unpaired) electrons. The maximum atomic E-state index is 13.1. The Morgan fingerprint density at radius 2 is 1.02 bits per heavy atom. The van der Waals surface area contributed by atoms with Gasteiger partial charge in [-0.05, 0) is 83.3 Å². The topological polar surface area (TPSA) is 40.6 Å². The first-order valence-corrected chi connectivity index (χ1v) is 15.7. The molecular formula is C38H32Cl2N2O2. The molecule has 4 aliphatic rings. The number of hydrogen-bond donors (Lipinski definition) is 0. The molecule has 2 aliphatic carbocycles. The van der Waals surface area contributed by atoms with Crippen LogP contribution in [0.2, 0.25) is 10.0 Å². The second-order valence-electron chi connectivity index (χ2n) is 12.1. The number of anilines is 2. The molecule has 8 rings (SSSR count). The monoisotopic (exact) mass is 618 g/mol. The highest BCUT2D eigenvalue weighted by molar-refractivity contribution is 6.31. The molecule has 44 heavy (non-hydrogen) atoms. The predicted molar refractivity (Wildman–Crippen MR) is 178 cm³/mol. The lowest BCUT2D eigenvalue weighted by atomic mass is 9.95. The molecule has 2 spiro atoms. The number of hydrogen-bond acceptors (Lipinski definition) is 2. The minimum atomic E-state index is -0.420. The fourth-order valence-corrected chi connectivity index (χ4v) is 7.58. The standard InChI is InChI=1S/2C19H16ClNO/c2*1-2-14-11-19(14)16-10-15(20)8-9-17(16)21(18(19)22)12-13-6-4-3-5-7-13/h2*2-10,14H,1,11-12H2/t2*14-,19+/m10/s1. The van der Waals surface area contributed by atoms with Crippen molar-refractivity contribution in [1.29, 1.82) is 0 Å². The molecule has 2 amide bonds. The third kappa shape index (κ3) is 4.43. The van der Waals surface area contributed by atoms with Gasteiger partial charge in [-0.1, -0.05) is 96.0 Å². The second kappa shape index (κ2) is 10.8. The molecular weight excluding hydrogens is 587 g/mol. The maximum Gasteiger partial charge on any atom is 0.238 e. The van der Waals surface area contributed by atoms with Crippen molar-refractivity contribution in [2.75, 3.05) is 9.80 Å². The molecule has 4 aromatic rings. The molecule has 2 saturated carbocycles. The normalized spacial score (nSPS) is 25.4. The Bertz CT molecular complexity index is 1670. The molecule has 4 atom stereocenters. The van der Waals surface area contributed by atoms with Gasteiger partial charge < -0.3 is 9.80 Å². The van der Waals surface area contributed by atoms with Crippen LogP contribution in [-0.4, -0.2) is 11.8 Å². The van der Waals surface area contributed by atoms with Crippen LogP contribution in [-0.2, 0) is 33.5 Å². The first kappa shape index (κ1) is 28.6. The van der Waals surface area contributed by atoms with Crippen LogP contribution in [0.1, 0.15) is 35.1 Å². The summed E-state index contributed by atoms with van der Waals surface area (Å²) in [7, 11) is 0. The van der Waals surface area contributed by atoms with Crippen molar-refractivity contribution in [3.05, 3.63) is 155 Å². The van der Waals surface area contributed by atoms with Crippen LogP contribution in [0.25, 0.3) is 0 Å². The van der Waals surface area contributed by atoms with E-state index in [1.807, 2.05) is 119 Å². The largest absolute Gasteiger partial charge is 0.307 e. The summed E-state index contributed by atoms with van der Waals surface area (Å²) in [6.45, 7) is 8.95. The van der Waals surface area contributed by atoms with E-state index in [9.17, 15) is 9.59 Å². The van der Waals surface area contributed by atoms with Crippen LogP contribution >= 0.6 is 23.2 Å². The van der Waals surface area contributed by atoms with E-state index in [0.29, 0.717) is 23.1 Å². The lowest BCUT2D eigenvalue weighted by Crippen LogP contribution is -2.32. The summed E-state index contributed by atoms with van der Waals surface area (Å²) in [6, 6.07) is 31.7. The quantitative estimate of drug-likeness (QED) is 0.203. The van der Waals surface area contributed by atoms with E-state index in [1.165, 1.54) is 0 Å². The predicted octanol–water partition coefficient (Wildman–Crippen LogP) is 8.66. The average molecular weight is 620 g/mol. The lowest BCUT2D eigenvalue weighted by molar-refractivity contribution is -0.121. The molecule has 0 saturated heterocycles. The molecule has 0 bridgehead atoms. The van der Waals surface area contributed by atoms with Gasteiger partial charge in [0.1, 0.15) is 0 Å². The van der Waals surface area contributed by atoms with Gasteiger partial charge in [0, 0.05) is 21.4 Å². The van der Waals surface area contributed by atoms with E-state index >= 15 is 0 Å². The van der Waals surface area contributed by atoms with Gasteiger partial charge in [0.05, 0.1) is 23.9 Å². The van der Waals surface area contributed by atoms with Crippen LogP contribution in [0.15, 0.2) is 122 Å². The van der Waals surface area contributed by atoms with Crippen molar-refractivity contribution in [2.24, 2.45) is 11.8 Å². The van der Waals surface area contributed by atoms with Gasteiger partial charge in [0.2, 0.25) is 11.8 Å². The molecule has 4 nitrogen and oxygen atoms in total. The Morgan fingerprint density at radius 3 is 1.36 bits per heavy atom. The van der Waals surface area contributed by atoms with Crippen molar-refractivity contribution >= 4 is 46.4 Å². The average Bonchev–Trinajstić information content (AvgIpc) is 3.94. The Hall–Kier alpha value is -4.12. The van der Waals surface area contributed by atoms with E-state index in [0.717, 1.165) is 46.5 Å². The fourth-order valence-electron chi connectivity index (χ4n) is 7.23. The SMILES string of the molecule is C=C[C@@H]1C[C@]12C(=O)N(Cc1ccccc1)c1ccc(Cl)cc12.C=C[C@H]1C[C@@]12C(=O)N(Cc1ccccc1)c1ccc(Cl)cc12. The highest BCUT2D eigenvalue weighted by Gasteiger charge is 2.66. The van der Waals surface area contributed by atoms with E-state index < -0.39 is 10.8 Å². The number of allylic oxidation sites excluding steroid dienone is 2. The number of nitrogens with zero attached hydrogens (tertiary/aromatic N) is 2. The number of rotatable bonds is 6. The smallest absolute Gasteiger partial charge is 0.238 e. The Kier molecular flexibility index (Phi) is 7.03. The van der Waals surface area contributed by atoms with Crippen LogP contribution < -0.4 is 9.80 Å². The van der Waals surface area contributed by atoms with Gasteiger partial charge in [-0.2, -0.15) is 0 Å². The minimum Gasteiger partial charge on any atom is -0.307 e. The highest BCUT2D eigenvalue weighted by atomic mass is 35.5. The number of carbonyl (C=O) groups is 2. The van der Waals surface area contributed by atoms with Crippen molar-refractivity contribution in [2.45, 2.75) is 36.8 Å². The van der Waals surface area contributed by atoms with Crippen LogP contribution in [0.5, 0.6) is 0 Å². The van der Waals surface area contributed by atoms with Crippen molar-refractivity contribution in [3.8, 4) is 0 Å². The van der Waals surface area contributed by atoms with E-state index in [-0.39, 0.29) is 23.7 Å². The number of halogens is 2. The summed E-state index contributed by atoms with van der Waals surface area (Å²) >= 11 is 12.3. The summed E-state index contributed by atoms with van der Waals surface area (Å²) < 4.78 is 0. The van der Waals surface area contributed by atoms with Gasteiger partial charge in [-0.3, -0.25) is 9.59 Å². The zero-order valence-corrected chi connectivity index (χ0v) is 25.8. The summed E-state index contributed by atoms with van der Waals surface area (Å²) in [5.41, 5.74) is 5.52. The third-order valence-electron chi connectivity index (χ3n) is 9.68. The van der Waals surface area contributed by atoms with E-state index in [1.54, 1.807) is 0 Å². The first-order chi connectivity index (χ1) is 21.3. The Morgan fingerprint density at radius 1 is 0.636 bits per heavy atom. The molecule has 6 heteroatoms. The van der Waals surface area contributed by atoms with Crippen LogP contribution in [0.4, 0.5) is 11.4 Å². The van der Waals surface area contributed by atoms with Gasteiger partial charge >= 0.3 is 0 Å². The zero-order valence-electron chi connectivity index (χ0n) is 24.3. The lowest BCUT2D eigenvalue weighted by Gasteiger charge is -2.18. The molecule has 0 aromatic heterocycles. The number of benzene rings is 4. The van der Waals surface area contributed by atoms with Crippen molar-refractivity contribution in [1.82, 2.24) is 0 Å². The van der Waals surface area contributed by atoms with Crippen molar-refractivity contribution in [3.63, 3.8) is 0 Å². The minimum absolute atomic E-state index is 0.179. The van der Waals surface area contributed by atoms with Gasteiger partial charge in [0.15, 0.2) is 0 Å². The number of fused-ring (bicyclic) bond motifs is 4. The summed E-state index contributed by atoms with van der Waals surface area (Å²) in [5, 5.41) is 1.37. The van der Waals surface area contributed by atoms with E-state index in [4.69, 9.17) is 23.2 Å². The molecule has 220 valence electrons. The van der Waals surface area contributed by atoms with E-state index in [2.05, 4.69) is 13.2 Å². The fraction of sp³-hybridized carbons (Fsp3) is 0.211. The first-order valence-electron chi connectivity index (χ1n) is 14.9. The zero-order chi connectivity index (χ0) is 30.6. The highest BCUT2D eigenvalue weighted by Crippen LogP contribution is 2.63. The maximum absolute atomic E-state index is 13.1. The molecule has 4 aromatic carbocycles. The molecule has 2 heterocycles. The second-order valence-corrected chi connectivity index (χ2v) is 13.0. The van der Waals surface area contributed by atoms with Crippen LogP contribution in [0, 0.1) is 11.8 Å². The Balaban J connectivity index is 0.000000142. The summed E-state index contributed by atoms with van der Waals surface area (Å²) in [6.07, 6.45) is 5.48. The summed E-state index contributed by atoms with van der Waals surface area (Å²) in [5.74, 6) is 0.799. The van der Waals surface area contributed by atoms with Gasteiger partial charge in [0.25, 0.3) is 0 Å². The molecule has 0 N–H and O–H groups in total. The van der Waals surface area contributed by atoms with Crippen molar-refractivity contribution < 1.29 is 9.59 Å². The molecule has 2 fully saturated rings. The van der Waals surface area contributed by atoms with Gasteiger partial charge in [-0.25, -0.2) is 0 Å². The molecule has 0 unspecified atom stereocenters. The third-order valence-corrected chi connectivity index (χ3v) is 10.1. The number of carbonyl (C=O) groups excluding carboxylic acids is 2. The van der Waals surface area contributed by atoms with Crippen LogP contribution in [0.3, 0.4) is 0 Å². The van der Waals surface area contributed by atoms with Gasteiger partial charge in [-0.15, -0.1) is 13.2 Å². The Labute approximate surface area is 268 Å². The number of amides is 2.